The molecule has 1 aliphatic rings. The number of amides is 1. The van der Waals surface area contributed by atoms with E-state index in [9.17, 15) is 10.1 Å². The number of nitrogens with two attached hydrogens (primary N) is 1. The Morgan fingerprint density at radius 3 is 2.70 bits per heavy atom. The van der Waals surface area contributed by atoms with Crippen molar-refractivity contribution >= 4 is 17.3 Å². The van der Waals surface area contributed by atoms with Crippen molar-refractivity contribution < 1.29 is 9.53 Å². The molecule has 4 rings (SSSR count). The number of anilines is 2. The second kappa shape index (κ2) is 10.3. The molecule has 7 nitrogen and oxygen atoms in total. The number of hydrogen-bond acceptors (Lipinski definition) is 6. The van der Waals surface area contributed by atoms with Crippen molar-refractivity contribution in [1.29, 1.82) is 5.26 Å². The van der Waals surface area contributed by atoms with E-state index in [1.54, 1.807) is 42.6 Å². The lowest BCUT2D eigenvalue weighted by atomic mass is 10.0. The molecular weight excluding hydrogens is 414 g/mol. The van der Waals surface area contributed by atoms with E-state index < -0.39 is 0 Å². The van der Waals surface area contributed by atoms with E-state index in [4.69, 9.17) is 10.5 Å². The Bertz CT molecular complexity index is 1170. The maximum Gasteiger partial charge on any atom is 0.255 e. The smallest absolute Gasteiger partial charge is 0.255 e. The Labute approximate surface area is 193 Å². The standard InChI is InChI=1S/C26H27N5O2/c1-17-6-11-22(33-17)16-29-14-18-12-21(13-27)25(30-15-18)19-7-9-20(10-8-19)26(32)31-24-5-3-2-4-23(24)28/h2-5,7-10,12,15,17,22,29H,6,11,14,16,28H2,1H3,(H,31,32). The van der Waals surface area contributed by atoms with Crippen molar-refractivity contribution in [3.05, 3.63) is 77.5 Å². The molecule has 0 aliphatic carbocycles. The molecule has 168 valence electrons. The number of benzene rings is 2. The maximum atomic E-state index is 12.5. The molecular formula is C26H27N5O2. The van der Waals surface area contributed by atoms with Gasteiger partial charge < -0.3 is 21.1 Å². The van der Waals surface area contributed by atoms with Gasteiger partial charge >= 0.3 is 0 Å². The van der Waals surface area contributed by atoms with E-state index in [0.29, 0.717) is 40.8 Å². The Morgan fingerprint density at radius 2 is 2.00 bits per heavy atom. The number of rotatable bonds is 7. The first-order valence-electron chi connectivity index (χ1n) is 11.0. The normalized spacial score (nSPS) is 17.5. The average Bonchev–Trinajstić information content (AvgIpc) is 3.25. The molecule has 33 heavy (non-hydrogen) atoms. The topological polar surface area (TPSA) is 113 Å². The monoisotopic (exact) mass is 441 g/mol. The minimum Gasteiger partial charge on any atom is -0.397 e. The van der Waals surface area contributed by atoms with Crippen LogP contribution in [-0.2, 0) is 11.3 Å². The molecule has 1 aliphatic heterocycles. The highest BCUT2D eigenvalue weighted by Gasteiger charge is 2.21. The summed E-state index contributed by atoms with van der Waals surface area (Å²) in [7, 11) is 0. The highest BCUT2D eigenvalue weighted by atomic mass is 16.5. The number of ether oxygens (including phenoxy) is 1. The van der Waals surface area contributed by atoms with Crippen LogP contribution in [0, 0.1) is 11.3 Å². The summed E-state index contributed by atoms with van der Waals surface area (Å²) >= 11 is 0. The third-order valence-corrected chi connectivity index (χ3v) is 5.72. The summed E-state index contributed by atoms with van der Waals surface area (Å²) in [4.78, 5) is 17.1. The number of carbonyl (C=O) groups is 1. The van der Waals surface area contributed by atoms with Crippen LogP contribution in [0.15, 0.2) is 60.8 Å². The van der Waals surface area contributed by atoms with Crippen LogP contribution in [0.5, 0.6) is 0 Å². The second-order valence-electron chi connectivity index (χ2n) is 8.25. The Kier molecular flexibility index (Phi) is 6.98. The first kappa shape index (κ1) is 22.5. The minimum atomic E-state index is -0.255. The number of carbonyl (C=O) groups excluding carboxylic acids is 1. The SMILES string of the molecule is CC1CCC(CNCc2cnc(-c3ccc(C(=O)Nc4ccccc4N)cc3)c(C#N)c2)O1. The second-order valence-corrected chi connectivity index (χ2v) is 8.25. The van der Waals surface area contributed by atoms with Crippen molar-refractivity contribution in [2.45, 2.75) is 38.5 Å². The third-order valence-electron chi connectivity index (χ3n) is 5.72. The lowest BCUT2D eigenvalue weighted by molar-refractivity contribution is 0.0559. The largest absolute Gasteiger partial charge is 0.397 e. The molecule has 2 unspecified atom stereocenters. The van der Waals surface area contributed by atoms with Crippen molar-refractivity contribution in [3.8, 4) is 17.3 Å². The number of pyridine rings is 1. The fraction of sp³-hybridized carbons (Fsp3) is 0.269. The van der Waals surface area contributed by atoms with Gasteiger partial charge in [0.2, 0.25) is 0 Å². The van der Waals surface area contributed by atoms with Crippen molar-refractivity contribution in [1.82, 2.24) is 10.3 Å². The van der Waals surface area contributed by atoms with Gasteiger partial charge in [-0.2, -0.15) is 5.26 Å². The zero-order valence-electron chi connectivity index (χ0n) is 18.5. The Balaban J connectivity index is 1.41. The van der Waals surface area contributed by atoms with Crippen molar-refractivity contribution in [2.75, 3.05) is 17.6 Å². The number of aromatic nitrogens is 1. The zero-order valence-corrected chi connectivity index (χ0v) is 18.5. The summed E-state index contributed by atoms with van der Waals surface area (Å²) in [6.45, 7) is 3.50. The predicted octanol–water partition coefficient (Wildman–Crippen LogP) is 4.11. The van der Waals surface area contributed by atoms with Gasteiger partial charge in [0.25, 0.3) is 5.91 Å². The van der Waals surface area contributed by atoms with Crippen molar-refractivity contribution in [3.63, 3.8) is 0 Å². The summed E-state index contributed by atoms with van der Waals surface area (Å²) in [6.07, 6.45) is 4.53. The van der Waals surface area contributed by atoms with Crippen LogP contribution in [0.4, 0.5) is 11.4 Å². The van der Waals surface area contributed by atoms with Crippen LogP contribution in [-0.4, -0.2) is 29.6 Å². The predicted molar refractivity (Wildman–Crippen MR) is 128 cm³/mol. The quantitative estimate of drug-likeness (QED) is 0.476. The summed E-state index contributed by atoms with van der Waals surface area (Å²) in [5.74, 6) is -0.255. The Hall–Kier alpha value is -3.73. The molecule has 2 aromatic carbocycles. The summed E-state index contributed by atoms with van der Waals surface area (Å²) in [5, 5.41) is 15.9. The van der Waals surface area contributed by atoms with Gasteiger partial charge in [-0.15, -0.1) is 0 Å². The van der Waals surface area contributed by atoms with Crippen LogP contribution in [0.1, 0.15) is 41.3 Å². The first-order valence-corrected chi connectivity index (χ1v) is 11.0. The van der Waals surface area contributed by atoms with Gasteiger partial charge in [0.15, 0.2) is 0 Å². The summed E-state index contributed by atoms with van der Waals surface area (Å²) in [5.41, 5.74) is 10.3. The van der Waals surface area contributed by atoms with Crippen LogP contribution in [0.2, 0.25) is 0 Å². The molecule has 7 heteroatoms. The molecule has 1 fully saturated rings. The molecule has 2 atom stereocenters. The Morgan fingerprint density at radius 1 is 1.21 bits per heavy atom. The molecule has 0 bridgehead atoms. The lowest BCUT2D eigenvalue weighted by Gasteiger charge is -2.13. The van der Waals surface area contributed by atoms with E-state index in [-0.39, 0.29) is 12.0 Å². The maximum absolute atomic E-state index is 12.5. The number of nitriles is 1. The van der Waals surface area contributed by atoms with Gasteiger partial charge in [-0.3, -0.25) is 9.78 Å². The van der Waals surface area contributed by atoms with Gasteiger partial charge in [-0.25, -0.2) is 0 Å². The fourth-order valence-electron chi connectivity index (χ4n) is 3.92. The molecule has 0 spiro atoms. The highest BCUT2D eigenvalue weighted by Crippen LogP contribution is 2.24. The van der Waals surface area contributed by atoms with E-state index in [0.717, 1.165) is 30.5 Å². The number of nitrogen functional groups attached to an aromatic ring is 1. The molecule has 1 amide bonds. The van der Waals surface area contributed by atoms with Crippen LogP contribution < -0.4 is 16.4 Å². The van der Waals surface area contributed by atoms with Gasteiger partial charge in [0, 0.05) is 30.4 Å². The third kappa shape index (κ3) is 5.55. The van der Waals surface area contributed by atoms with E-state index >= 15 is 0 Å². The molecule has 0 saturated carbocycles. The van der Waals surface area contributed by atoms with E-state index in [1.807, 2.05) is 18.2 Å². The lowest BCUT2D eigenvalue weighted by Crippen LogP contribution is -2.26. The molecule has 2 heterocycles. The van der Waals surface area contributed by atoms with Gasteiger partial charge in [0.05, 0.1) is 34.8 Å². The zero-order chi connectivity index (χ0) is 23.2. The molecule has 4 N–H and O–H groups in total. The van der Waals surface area contributed by atoms with Crippen LogP contribution in [0.25, 0.3) is 11.3 Å². The van der Waals surface area contributed by atoms with Crippen LogP contribution in [0.3, 0.4) is 0 Å². The highest BCUT2D eigenvalue weighted by molar-refractivity contribution is 6.05. The van der Waals surface area contributed by atoms with E-state index in [2.05, 4.69) is 28.6 Å². The number of nitrogens with one attached hydrogen (secondary N) is 2. The molecule has 0 radical (unpaired) electrons. The minimum absolute atomic E-state index is 0.247. The summed E-state index contributed by atoms with van der Waals surface area (Å²) in [6, 6.07) is 18.2. The number of hydrogen-bond donors (Lipinski definition) is 3. The molecule has 1 saturated heterocycles. The van der Waals surface area contributed by atoms with Crippen molar-refractivity contribution in [2.24, 2.45) is 0 Å². The summed E-state index contributed by atoms with van der Waals surface area (Å²) < 4.78 is 5.82. The number of nitrogens with zero attached hydrogens (tertiary/aromatic N) is 2. The van der Waals surface area contributed by atoms with Gasteiger partial charge in [-0.05, 0) is 55.7 Å². The van der Waals surface area contributed by atoms with Gasteiger partial charge in [-0.1, -0.05) is 24.3 Å². The van der Waals surface area contributed by atoms with Gasteiger partial charge in [0.1, 0.15) is 6.07 Å². The molecule has 3 aromatic rings. The first-order chi connectivity index (χ1) is 16.0. The van der Waals surface area contributed by atoms with E-state index in [1.165, 1.54) is 0 Å². The molecule has 1 aromatic heterocycles. The van der Waals surface area contributed by atoms with Crippen LogP contribution >= 0.6 is 0 Å². The fourth-order valence-corrected chi connectivity index (χ4v) is 3.92. The average molecular weight is 442 g/mol. The number of para-hydroxylation sites is 2.